The van der Waals surface area contributed by atoms with Crippen LogP contribution in [0.15, 0.2) is 78.9 Å². The smallest absolute Gasteiger partial charge is 0.407 e. The SMILES string of the molecule is CN(Cc1ccccc1)CC(NC(=O)OCC1c2ccccc2-c2ccccc21)C(=O)N(C)CCCCC(=O)O. The molecule has 0 heterocycles. The monoisotopic (exact) mass is 543 g/mol. The van der Waals surface area contributed by atoms with Gasteiger partial charge in [0.05, 0.1) is 0 Å². The summed E-state index contributed by atoms with van der Waals surface area (Å²) in [6.45, 7) is 1.46. The Hall–Kier alpha value is -4.17. The lowest BCUT2D eigenvalue weighted by molar-refractivity contribution is -0.137. The molecule has 2 N–H and O–H groups in total. The van der Waals surface area contributed by atoms with Crippen molar-refractivity contribution in [1.82, 2.24) is 15.1 Å². The molecule has 0 bridgehead atoms. The van der Waals surface area contributed by atoms with Gasteiger partial charge in [0.25, 0.3) is 0 Å². The summed E-state index contributed by atoms with van der Waals surface area (Å²) in [6, 6.07) is 25.4. The Morgan fingerprint density at radius 1 is 0.875 bits per heavy atom. The predicted molar refractivity (Wildman–Crippen MR) is 154 cm³/mol. The number of carbonyl (C=O) groups is 3. The van der Waals surface area contributed by atoms with E-state index in [1.54, 1.807) is 11.9 Å². The highest BCUT2D eigenvalue weighted by molar-refractivity contribution is 5.86. The van der Waals surface area contributed by atoms with E-state index < -0.39 is 18.1 Å². The first kappa shape index (κ1) is 28.8. The van der Waals surface area contributed by atoms with Gasteiger partial charge in [0, 0.05) is 39.0 Å². The van der Waals surface area contributed by atoms with Crippen molar-refractivity contribution in [2.75, 3.05) is 33.8 Å². The molecule has 0 saturated heterocycles. The molecule has 0 aromatic heterocycles. The number of alkyl carbamates (subject to hydrolysis) is 1. The van der Waals surface area contributed by atoms with Crippen molar-refractivity contribution in [3.8, 4) is 11.1 Å². The van der Waals surface area contributed by atoms with E-state index in [0.717, 1.165) is 27.8 Å². The van der Waals surface area contributed by atoms with Crippen LogP contribution in [0.4, 0.5) is 4.79 Å². The first-order chi connectivity index (χ1) is 19.3. The Kier molecular flexibility index (Phi) is 9.91. The lowest BCUT2D eigenvalue weighted by Gasteiger charge is -2.28. The summed E-state index contributed by atoms with van der Waals surface area (Å²) in [4.78, 5) is 40.8. The molecule has 1 aliphatic rings. The zero-order valence-corrected chi connectivity index (χ0v) is 23.1. The summed E-state index contributed by atoms with van der Waals surface area (Å²) >= 11 is 0. The molecule has 0 aliphatic heterocycles. The summed E-state index contributed by atoms with van der Waals surface area (Å²) in [5, 5.41) is 11.7. The number of nitrogens with one attached hydrogen (secondary N) is 1. The predicted octanol–water partition coefficient (Wildman–Crippen LogP) is 4.74. The molecule has 0 saturated carbocycles. The second-order valence-electron chi connectivity index (χ2n) is 10.3. The third kappa shape index (κ3) is 7.48. The zero-order chi connectivity index (χ0) is 28.5. The molecule has 1 unspecified atom stereocenters. The van der Waals surface area contributed by atoms with Gasteiger partial charge in [-0.3, -0.25) is 14.5 Å². The number of carbonyl (C=O) groups excluding carboxylic acids is 2. The number of rotatable bonds is 13. The van der Waals surface area contributed by atoms with Crippen molar-refractivity contribution in [3.05, 3.63) is 95.6 Å². The summed E-state index contributed by atoms with van der Waals surface area (Å²) in [6.07, 6.45) is 0.452. The van der Waals surface area contributed by atoms with Gasteiger partial charge in [0.2, 0.25) is 5.91 Å². The number of amides is 2. The van der Waals surface area contributed by atoms with Gasteiger partial charge in [0.15, 0.2) is 0 Å². The van der Waals surface area contributed by atoms with E-state index in [-0.39, 0.29) is 31.4 Å². The maximum Gasteiger partial charge on any atom is 0.407 e. The van der Waals surface area contributed by atoms with Crippen LogP contribution in [0.25, 0.3) is 11.1 Å². The normalized spacial score (nSPS) is 12.9. The minimum Gasteiger partial charge on any atom is -0.481 e. The third-order valence-corrected chi connectivity index (χ3v) is 7.23. The van der Waals surface area contributed by atoms with Crippen LogP contribution >= 0.6 is 0 Å². The molecular weight excluding hydrogens is 506 g/mol. The number of unbranched alkanes of at least 4 members (excludes halogenated alkanes) is 1. The van der Waals surface area contributed by atoms with Crippen LogP contribution in [0.2, 0.25) is 0 Å². The Morgan fingerprint density at radius 2 is 1.48 bits per heavy atom. The van der Waals surface area contributed by atoms with Gasteiger partial charge in [-0.1, -0.05) is 78.9 Å². The molecule has 210 valence electrons. The molecule has 0 radical (unpaired) electrons. The van der Waals surface area contributed by atoms with Gasteiger partial charge in [-0.15, -0.1) is 0 Å². The highest BCUT2D eigenvalue weighted by Crippen LogP contribution is 2.44. The number of carboxylic acid groups (broad SMARTS) is 1. The summed E-state index contributed by atoms with van der Waals surface area (Å²) in [5.74, 6) is -1.18. The summed E-state index contributed by atoms with van der Waals surface area (Å²) < 4.78 is 5.72. The first-order valence-corrected chi connectivity index (χ1v) is 13.6. The highest BCUT2D eigenvalue weighted by atomic mass is 16.5. The number of hydrogen-bond donors (Lipinski definition) is 2. The molecule has 2 amide bonds. The lowest BCUT2D eigenvalue weighted by atomic mass is 9.98. The van der Waals surface area contributed by atoms with Crippen molar-refractivity contribution in [2.45, 2.75) is 37.8 Å². The van der Waals surface area contributed by atoms with Crippen LogP contribution in [0.5, 0.6) is 0 Å². The van der Waals surface area contributed by atoms with Gasteiger partial charge in [0.1, 0.15) is 12.6 Å². The van der Waals surface area contributed by atoms with Gasteiger partial charge < -0.3 is 20.1 Å². The summed E-state index contributed by atoms with van der Waals surface area (Å²) in [7, 11) is 3.58. The Labute approximate surface area is 235 Å². The molecule has 0 spiro atoms. The summed E-state index contributed by atoms with van der Waals surface area (Å²) in [5.41, 5.74) is 5.62. The van der Waals surface area contributed by atoms with Crippen molar-refractivity contribution in [1.29, 1.82) is 0 Å². The minimum absolute atomic E-state index is 0.0588. The fraction of sp³-hybridized carbons (Fsp3) is 0.344. The van der Waals surface area contributed by atoms with Crippen molar-refractivity contribution in [2.24, 2.45) is 0 Å². The van der Waals surface area contributed by atoms with Crippen LogP contribution in [0, 0.1) is 0 Å². The van der Waals surface area contributed by atoms with E-state index >= 15 is 0 Å². The number of nitrogens with zero attached hydrogens (tertiary/aromatic N) is 2. The van der Waals surface area contributed by atoms with E-state index in [1.807, 2.05) is 66.5 Å². The standard InChI is InChI=1S/C32H37N3O5/c1-34(20-23-12-4-3-5-13-23)21-29(31(38)35(2)19-11-10-18-30(36)37)33-32(39)40-22-28-26-16-8-6-14-24(26)25-15-7-9-17-27(25)28/h3-9,12-17,28-29H,10-11,18-22H2,1-2H3,(H,33,39)(H,36,37). The van der Waals surface area contributed by atoms with Crippen molar-refractivity contribution in [3.63, 3.8) is 0 Å². The number of benzene rings is 3. The Balaban J connectivity index is 1.40. The first-order valence-electron chi connectivity index (χ1n) is 13.6. The molecule has 4 rings (SSSR count). The molecule has 40 heavy (non-hydrogen) atoms. The van der Waals surface area contributed by atoms with Crippen LogP contribution in [0.1, 0.15) is 41.9 Å². The van der Waals surface area contributed by atoms with Crippen LogP contribution < -0.4 is 5.32 Å². The fourth-order valence-corrected chi connectivity index (χ4v) is 5.24. The molecular formula is C32H37N3O5. The van der Waals surface area contributed by atoms with Gasteiger partial charge >= 0.3 is 12.1 Å². The Bertz CT molecular complexity index is 1270. The van der Waals surface area contributed by atoms with Crippen LogP contribution in [0.3, 0.4) is 0 Å². The quantitative estimate of drug-likeness (QED) is 0.302. The van der Waals surface area contributed by atoms with Crippen molar-refractivity contribution < 1.29 is 24.2 Å². The van der Waals surface area contributed by atoms with E-state index in [1.165, 1.54) is 0 Å². The Morgan fingerprint density at radius 3 is 2.10 bits per heavy atom. The zero-order valence-electron chi connectivity index (χ0n) is 23.1. The van der Waals surface area contributed by atoms with Gasteiger partial charge in [-0.2, -0.15) is 0 Å². The topological polar surface area (TPSA) is 99.2 Å². The van der Waals surface area contributed by atoms with E-state index in [0.29, 0.717) is 25.9 Å². The highest BCUT2D eigenvalue weighted by Gasteiger charge is 2.30. The lowest BCUT2D eigenvalue weighted by Crippen LogP contribution is -2.52. The van der Waals surface area contributed by atoms with E-state index in [2.05, 4.69) is 29.6 Å². The van der Waals surface area contributed by atoms with E-state index in [9.17, 15) is 14.4 Å². The molecule has 1 atom stereocenters. The van der Waals surface area contributed by atoms with Crippen LogP contribution in [-0.2, 0) is 20.9 Å². The largest absolute Gasteiger partial charge is 0.481 e. The number of ether oxygens (including phenoxy) is 1. The molecule has 1 aliphatic carbocycles. The van der Waals surface area contributed by atoms with Gasteiger partial charge in [-0.05, 0) is 47.7 Å². The third-order valence-electron chi connectivity index (χ3n) is 7.23. The second kappa shape index (κ2) is 13.8. The number of aliphatic carboxylic acids is 1. The maximum absolute atomic E-state index is 13.4. The van der Waals surface area contributed by atoms with E-state index in [4.69, 9.17) is 9.84 Å². The number of likely N-dealkylation sites (N-methyl/N-ethyl adjacent to an activating group) is 2. The average molecular weight is 544 g/mol. The molecule has 3 aromatic carbocycles. The number of hydrogen-bond acceptors (Lipinski definition) is 5. The maximum atomic E-state index is 13.4. The van der Waals surface area contributed by atoms with Crippen LogP contribution in [-0.4, -0.2) is 72.7 Å². The van der Waals surface area contributed by atoms with Gasteiger partial charge in [-0.25, -0.2) is 4.79 Å². The number of fused-ring (bicyclic) bond motifs is 3. The van der Waals surface area contributed by atoms with Crippen molar-refractivity contribution >= 4 is 18.0 Å². The molecule has 0 fully saturated rings. The molecule has 8 nitrogen and oxygen atoms in total. The number of carboxylic acids is 1. The fourth-order valence-electron chi connectivity index (χ4n) is 5.24. The minimum atomic E-state index is -0.855. The average Bonchev–Trinajstić information content (AvgIpc) is 3.27. The molecule has 3 aromatic rings. The molecule has 8 heteroatoms. The second-order valence-corrected chi connectivity index (χ2v) is 10.3.